The molecule has 23 heavy (non-hydrogen) atoms. The van der Waals surface area contributed by atoms with Gasteiger partial charge in [-0.25, -0.2) is 19.6 Å². The van der Waals surface area contributed by atoms with E-state index < -0.39 is 0 Å². The van der Waals surface area contributed by atoms with Crippen LogP contribution in [0, 0.1) is 13.8 Å². The van der Waals surface area contributed by atoms with E-state index in [-0.39, 0.29) is 5.41 Å². The van der Waals surface area contributed by atoms with Crippen LogP contribution in [0.25, 0.3) is 0 Å². The number of hydrogen-bond acceptors (Lipinski definition) is 5. The lowest BCUT2D eigenvalue weighted by Crippen LogP contribution is -2.38. The first-order valence-electron chi connectivity index (χ1n) is 8.31. The zero-order chi connectivity index (χ0) is 16.6. The Morgan fingerprint density at radius 2 is 1.96 bits per heavy atom. The highest BCUT2D eigenvalue weighted by atomic mass is 15.4. The molecule has 1 aliphatic heterocycles. The van der Waals surface area contributed by atoms with Gasteiger partial charge >= 0.3 is 0 Å². The average molecular weight is 314 g/mol. The van der Waals surface area contributed by atoms with Crippen LogP contribution in [-0.2, 0) is 5.41 Å². The summed E-state index contributed by atoms with van der Waals surface area (Å²) in [6.07, 6.45) is 5.69. The summed E-state index contributed by atoms with van der Waals surface area (Å²) in [6.45, 7) is 12.6. The van der Waals surface area contributed by atoms with Crippen LogP contribution in [0.5, 0.6) is 0 Å². The first kappa shape index (κ1) is 15.9. The molecular weight excluding hydrogens is 288 g/mol. The highest BCUT2D eigenvalue weighted by Crippen LogP contribution is 2.29. The summed E-state index contributed by atoms with van der Waals surface area (Å²) in [6, 6.07) is 0.360. The summed E-state index contributed by atoms with van der Waals surface area (Å²) in [5.41, 5.74) is 2.20. The lowest BCUT2D eigenvalue weighted by Gasteiger charge is -2.35. The largest absolute Gasteiger partial charge is 0.354 e. The average Bonchev–Trinajstić information content (AvgIpc) is 3.03. The molecule has 0 saturated carbocycles. The van der Waals surface area contributed by atoms with E-state index in [1.165, 1.54) is 5.56 Å². The summed E-state index contributed by atoms with van der Waals surface area (Å²) in [4.78, 5) is 16.1. The third-order valence-electron chi connectivity index (χ3n) is 4.54. The van der Waals surface area contributed by atoms with E-state index in [4.69, 9.17) is 9.97 Å². The quantitative estimate of drug-likeness (QED) is 0.853. The number of nitrogens with zero attached hydrogens (tertiary/aromatic N) is 6. The van der Waals surface area contributed by atoms with Crippen molar-refractivity contribution in [3.05, 3.63) is 29.7 Å². The molecule has 1 fully saturated rings. The van der Waals surface area contributed by atoms with E-state index in [9.17, 15) is 0 Å². The number of rotatable bonds is 2. The molecule has 0 radical (unpaired) electrons. The number of aryl methyl sites for hydroxylation is 1. The maximum atomic E-state index is 4.91. The van der Waals surface area contributed by atoms with Crippen molar-refractivity contribution in [2.45, 2.75) is 58.9 Å². The Balaban J connectivity index is 1.93. The zero-order valence-electron chi connectivity index (χ0n) is 14.7. The topological polar surface area (TPSA) is 59.7 Å². The Bertz CT molecular complexity index is 671. The lowest BCUT2D eigenvalue weighted by atomic mass is 9.95. The summed E-state index contributed by atoms with van der Waals surface area (Å²) < 4.78 is 1.97. The van der Waals surface area contributed by atoms with Crippen LogP contribution in [0.1, 0.15) is 56.7 Å². The predicted octanol–water partition coefficient (Wildman–Crippen LogP) is 2.82. The molecule has 0 spiro atoms. The molecule has 0 N–H and O–H groups in total. The van der Waals surface area contributed by atoms with Gasteiger partial charge in [0, 0.05) is 29.8 Å². The summed E-state index contributed by atoms with van der Waals surface area (Å²) in [5, 5.41) is 4.31. The fourth-order valence-electron chi connectivity index (χ4n) is 3.03. The van der Waals surface area contributed by atoms with E-state index in [2.05, 4.69) is 49.6 Å². The Kier molecular flexibility index (Phi) is 4.08. The molecule has 0 aliphatic carbocycles. The molecule has 6 heteroatoms. The van der Waals surface area contributed by atoms with Gasteiger partial charge in [-0.1, -0.05) is 20.8 Å². The molecule has 3 rings (SSSR count). The Hall–Kier alpha value is -1.98. The van der Waals surface area contributed by atoms with Gasteiger partial charge in [-0.2, -0.15) is 5.10 Å². The van der Waals surface area contributed by atoms with Crippen LogP contribution in [0.4, 0.5) is 5.82 Å². The van der Waals surface area contributed by atoms with Gasteiger partial charge in [0.25, 0.3) is 0 Å². The van der Waals surface area contributed by atoms with Gasteiger partial charge in [-0.15, -0.1) is 0 Å². The van der Waals surface area contributed by atoms with Gasteiger partial charge in [0.2, 0.25) is 0 Å². The van der Waals surface area contributed by atoms with Crippen LogP contribution in [-0.4, -0.2) is 37.8 Å². The SMILES string of the molecule is Cc1nc(C(C)(C)C)nc(N2CCC[C@@H](n3cncn3)C2)c1C. The second-order valence-corrected chi connectivity index (χ2v) is 7.45. The van der Waals surface area contributed by atoms with Crippen molar-refractivity contribution < 1.29 is 0 Å². The third-order valence-corrected chi connectivity index (χ3v) is 4.54. The number of anilines is 1. The summed E-state index contributed by atoms with van der Waals surface area (Å²) in [7, 11) is 0. The van der Waals surface area contributed by atoms with Crippen LogP contribution in [0.2, 0.25) is 0 Å². The van der Waals surface area contributed by atoms with Gasteiger partial charge < -0.3 is 4.90 Å². The molecule has 0 unspecified atom stereocenters. The molecule has 2 aromatic heterocycles. The molecule has 0 bridgehead atoms. The standard InChI is InChI=1S/C17H26N6/c1-12-13(2)20-16(17(3,4)5)21-15(12)22-8-6-7-14(9-22)23-11-18-10-19-23/h10-11,14H,6-9H2,1-5H3/t14-/m1/s1. The molecular formula is C17H26N6. The van der Waals surface area contributed by atoms with Crippen molar-refractivity contribution in [1.29, 1.82) is 0 Å². The van der Waals surface area contributed by atoms with Gasteiger partial charge in [0.1, 0.15) is 24.3 Å². The van der Waals surface area contributed by atoms with Gasteiger partial charge in [-0.3, -0.25) is 0 Å². The number of piperidine rings is 1. The van der Waals surface area contributed by atoms with Crippen molar-refractivity contribution in [1.82, 2.24) is 24.7 Å². The molecule has 0 amide bonds. The fourth-order valence-corrected chi connectivity index (χ4v) is 3.03. The maximum Gasteiger partial charge on any atom is 0.137 e. The van der Waals surface area contributed by atoms with Crippen molar-refractivity contribution in [3.8, 4) is 0 Å². The first-order chi connectivity index (χ1) is 10.9. The molecule has 1 atom stereocenters. The minimum atomic E-state index is -0.0473. The van der Waals surface area contributed by atoms with Gasteiger partial charge in [0.15, 0.2) is 0 Å². The monoisotopic (exact) mass is 314 g/mol. The Morgan fingerprint density at radius 3 is 2.61 bits per heavy atom. The minimum Gasteiger partial charge on any atom is -0.354 e. The first-order valence-corrected chi connectivity index (χ1v) is 8.31. The van der Waals surface area contributed by atoms with E-state index in [1.807, 2.05) is 11.0 Å². The maximum absolute atomic E-state index is 4.91. The van der Waals surface area contributed by atoms with Crippen molar-refractivity contribution in [2.24, 2.45) is 0 Å². The molecule has 1 saturated heterocycles. The number of hydrogen-bond donors (Lipinski definition) is 0. The molecule has 0 aromatic carbocycles. The van der Waals surface area contributed by atoms with Crippen molar-refractivity contribution in [2.75, 3.05) is 18.0 Å². The van der Waals surface area contributed by atoms with Crippen molar-refractivity contribution in [3.63, 3.8) is 0 Å². The number of aromatic nitrogens is 5. The van der Waals surface area contributed by atoms with E-state index in [1.54, 1.807) is 6.33 Å². The molecule has 124 valence electrons. The Labute approximate surface area is 138 Å². The van der Waals surface area contributed by atoms with Crippen LogP contribution < -0.4 is 4.90 Å². The van der Waals surface area contributed by atoms with Gasteiger partial charge in [0.05, 0.1) is 6.04 Å². The van der Waals surface area contributed by atoms with E-state index >= 15 is 0 Å². The van der Waals surface area contributed by atoms with Gasteiger partial charge in [-0.05, 0) is 26.7 Å². The molecule has 2 aromatic rings. The van der Waals surface area contributed by atoms with Crippen LogP contribution in [0.3, 0.4) is 0 Å². The van der Waals surface area contributed by atoms with Crippen molar-refractivity contribution >= 4 is 5.82 Å². The fraction of sp³-hybridized carbons (Fsp3) is 0.647. The summed E-state index contributed by atoms with van der Waals surface area (Å²) >= 11 is 0. The normalized spacial score (nSPS) is 19.2. The van der Waals surface area contributed by atoms with E-state index in [0.717, 1.165) is 43.3 Å². The smallest absolute Gasteiger partial charge is 0.137 e. The lowest BCUT2D eigenvalue weighted by molar-refractivity contribution is 0.373. The Morgan fingerprint density at radius 1 is 1.17 bits per heavy atom. The summed E-state index contributed by atoms with van der Waals surface area (Å²) in [5.74, 6) is 1.99. The van der Waals surface area contributed by atoms with Crippen LogP contribution >= 0.6 is 0 Å². The molecule has 3 heterocycles. The second-order valence-electron chi connectivity index (χ2n) is 7.45. The minimum absolute atomic E-state index is 0.0473. The zero-order valence-corrected chi connectivity index (χ0v) is 14.7. The highest BCUT2D eigenvalue weighted by Gasteiger charge is 2.26. The predicted molar refractivity (Wildman–Crippen MR) is 90.7 cm³/mol. The molecule has 1 aliphatic rings. The van der Waals surface area contributed by atoms with Crippen LogP contribution in [0.15, 0.2) is 12.7 Å². The molecule has 6 nitrogen and oxygen atoms in total. The second kappa shape index (κ2) is 5.91. The third kappa shape index (κ3) is 3.21. The van der Waals surface area contributed by atoms with E-state index in [0.29, 0.717) is 6.04 Å². The highest BCUT2D eigenvalue weighted by molar-refractivity contribution is 5.49.